The molecule has 0 N–H and O–H groups in total. The smallest absolute Gasteiger partial charge is 0.306 e. The molecule has 4 rings (SSSR count). The largest absolute Gasteiger partial charge is 0.450 e. The summed E-state index contributed by atoms with van der Waals surface area (Å²) in [6.07, 6.45) is 11.4. The second-order valence-electron chi connectivity index (χ2n) is 10.9. The van der Waals surface area contributed by atoms with Gasteiger partial charge in [-0.3, -0.25) is 14.4 Å². The Kier molecular flexibility index (Phi) is 5.51. The van der Waals surface area contributed by atoms with E-state index < -0.39 is 5.60 Å². The summed E-state index contributed by atoms with van der Waals surface area (Å²) in [6, 6.07) is 0. The molecule has 0 aromatic carbocycles. The van der Waals surface area contributed by atoms with Crippen LogP contribution >= 0.6 is 0 Å². The van der Waals surface area contributed by atoms with Gasteiger partial charge in [0.1, 0.15) is 0 Å². The Bertz CT molecular complexity index is 782. The first-order valence-electron chi connectivity index (χ1n) is 12.1. The molecule has 3 fully saturated rings. The lowest BCUT2D eigenvalue weighted by Gasteiger charge is -2.59. The molecule has 166 valence electrons. The molecule has 4 aliphatic carbocycles. The third-order valence-electron chi connectivity index (χ3n) is 9.67. The number of carbonyl (C=O) groups is 3. The Morgan fingerprint density at radius 2 is 1.80 bits per heavy atom. The average molecular weight is 415 g/mol. The van der Waals surface area contributed by atoms with E-state index in [0.29, 0.717) is 37.0 Å². The third-order valence-corrected chi connectivity index (χ3v) is 9.67. The summed E-state index contributed by atoms with van der Waals surface area (Å²) in [6.45, 7) is 8.30. The molecule has 4 heteroatoms. The maximum Gasteiger partial charge on any atom is 0.306 e. The van der Waals surface area contributed by atoms with Crippen molar-refractivity contribution in [2.45, 2.75) is 104 Å². The molecule has 4 aliphatic rings. The van der Waals surface area contributed by atoms with Crippen LogP contribution in [0.1, 0.15) is 98.3 Å². The van der Waals surface area contributed by atoms with E-state index in [2.05, 4.69) is 20.8 Å². The highest BCUT2D eigenvalue weighted by atomic mass is 16.6. The van der Waals surface area contributed by atoms with Crippen LogP contribution in [0.15, 0.2) is 11.6 Å². The summed E-state index contributed by atoms with van der Waals surface area (Å²) in [4.78, 5) is 37.7. The van der Waals surface area contributed by atoms with Gasteiger partial charge >= 0.3 is 5.97 Å². The highest BCUT2D eigenvalue weighted by molar-refractivity contribution is 5.91. The number of ether oxygens (including phenoxy) is 1. The van der Waals surface area contributed by atoms with Gasteiger partial charge in [-0.05, 0) is 87.5 Å². The van der Waals surface area contributed by atoms with Crippen molar-refractivity contribution in [1.29, 1.82) is 0 Å². The van der Waals surface area contributed by atoms with Gasteiger partial charge in [0.05, 0.1) is 0 Å². The summed E-state index contributed by atoms with van der Waals surface area (Å²) in [7, 11) is 0. The van der Waals surface area contributed by atoms with Crippen LogP contribution < -0.4 is 0 Å². The molecule has 0 aromatic rings. The van der Waals surface area contributed by atoms with E-state index in [0.717, 1.165) is 51.4 Å². The lowest BCUT2D eigenvalue weighted by Crippen LogP contribution is -2.58. The van der Waals surface area contributed by atoms with Gasteiger partial charge in [0, 0.05) is 18.3 Å². The number of rotatable bonds is 5. The van der Waals surface area contributed by atoms with Crippen molar-refractivity contribution in [2.24, 2.45) is 28.6 Å². The Labute approximate surface area is 181 Å². The van der Waals surface area contributed by atoms with Crippen molar-refractivity contribution in [3.05, 3.63) is 11.6 Å². The second kappa shape index (κ2) is 7.60. The summed E-state index contributed by atoms with van der Waals surface area (Å²) in [5.41, 5.74) is 0.263. The van der Waals surface area contributed by atoms with Crippen LogP contribution in [0.3, 0.4) is 0 Å². The predicted octanol–water partition coefficient (Wildman–Crippen LogP) is 5.58. The first-order chi connectivity index (χ1) is 14.2. The molecular formula is C26H38O4. The van der Waals surface area contributed by atoms with Gasteiger partial charge < -0.3 is 4.74 Å². The number of esters is 1. The normalized spacial score (nSPS) is 42.6. The molecule has 4 nitrogen and oxygen atoms in total. The van der Waals surface area contributed by atoms with Crippen molar-refractivity contribution in [2.75, 3.05) is 0 Å². The molecule has 0 heterocycles. The molecular weight excluding hydrogens is 376 g/mol. The maximum atomic E-state index is 13.0. The van der Waals surface area contributed by atoms with Gasteiger partial charge in [-0.15, -0.1) is 0 Å². The summed E-state index contributed by atoms with van der Waals surface area (Å²) < 4.78 is 6.12. The fourth-order valence-electron chi connectivity index (χ4n) is 7.94. The third kappa shape index (κ3) is 3.04. The zero-order chi connectivity index (χ0) is 21.7. The summed E-state index contributed by atoms with van der Waals surface area (Å²) >= 11 is 0. The SMILES string of the molecule is CCCCC(=O)O[C@]1(C(C)=O)CC[C@H]2[C@@H]3CCC4=CC(=O)CC[C@]4(C)[C@H]3CC[C@@]21C. The van der Waals surface area contributed by atoms with E-state index in [1.165, 1.54) is 5.57 Å². The van der Waals surface area contributed by atoms with Gasteiger partial charge in [0.25, 0.3) is 0 Å². The molecule has 0 aromatic heterocycles. The minimum absolute atomic E-state index is 0.0293. The van der Waals surface area contributed by atoms with Gasteiger partial charge in [-0.2, -0.15) is 0 Å². The maximum absolute atomic E-state index is 13.0. The standard InChI is InChI=1S/C26H38O4/c1-5-6-7-23(29)30-26(17(2)27)15-12-22-20-9-8-18-16-19(28)10-13-24(18,3)21(20)11-14-25(22,26)4/h16,20-22H,5-15H2,1-4H3/t20-,21+,22+,24+,25+,26+/m1/s1. The molecule has 0 aliphatic heterocycles. The van der Waals surface area contributed by atoms with E-state index in [1.807, 2.05) is 6.08 Å². The Balaban J connectivity index is 1.63. The van der Waals surface area contributed by atoms with Crippen LogP contribution in [0.2, 0.25) is 0 Å². The number of hydrogen-bond acceptors (Lipinski definition) is 4. The molecule has 0 saturated heterocycles. The monoisotopic (exact) mass is 414 g/mol. The summed E-state index contributed by atoms with van der Waals surface area (Å²) in [5, 5.41) is 0. The van der Waals surface area contributed by atoms with Crippen molar-refractivity contribution in [1.82, 2.24) is 0 Å². The molecule has 0 radical (unpaired) electrons. The van der Waals surface area contributed by atoms with E-state index >= 15 is 0 Å². The predicted molar refractivity (Wildman–Crippen MR) is 116 cm³/mol. The number of carbonyl (C=O) groups excluding carboxylic acids is 3. The van der Waals surface area contributed by atoms with Crippen LogP contribution in [0, 0.1) is 28.6 Å². The van der Waals surface area contributed by atoms with Gasteiger partial charge in [-0.25, -0.2) is 0 Å². The van der Waals surface area contributed by atoms with E-state index in [-0.39, 0.29) is 28.4 Å². The van der Waals surface area contributed by atoms with Gasteiger partial charge in [0.2, 0.25) is 0 Å². The minimum atomic E-state index is -0.951. The Morgan fingerprint density at radius 3 is 2.50 bits per heavy atom. The van der Waals surface area contributed by atoms with Crippen LogP contribution in [0.25, 0.3) is 0 Å². The van der Waals surface area contributed by atoms with Crippen molar-refractivity contribution in [3.63, 3.8) is 0 Å². The molecule has 0 unspecified atom stereocenters. The fraction of sp³-hybridized carbons (Fsp3) is 0.808. The molecule has 3 saturated carbocycles. The van der Waals surface area contributed by atoms with Crippen molar-refractivity contribution >= 4 is 17.5 Å². The number of ketones is 2. The number of fused-ring (bicyclic) bond motifs is 5. The second-order valence-corrected chi connectivity index (χ2v) is 10.9. The summed E-state index contributed by atoms with van der Waals surface area (Å²) in [5.74, 6) is 1.65. The molecule has 30 heavy (non-hydrogen) atoms. The number of unbranched alkanes of at least 4 members (excludes halogenated alkanes) is 1. The first-order valence-corrected chi connectivity index (χ1v) is 12.1. The fourth-order valence-corrected chi connectivity index (χ4v) is 7.94. The quantitative estimate of drug-likeness (QED) is 0.551. The van der Waals surface area contributed by atoms with E-state index in [1.54, 1.807) is 6.92 Å². The Morgan fingerprint density at radius 1 is 1.07 bits per heavy atom. The van der Waals surface area contributed by atoms with Crippen molar-refractivity contribution < 1.29 is 19.1 Å². The topological polar surface area (TPSA) is 60.4 Å². The van der Waals surface area contributed by atoms with Crippen LogP contribution in [0.5, 0.6) is 0 Å². The lowest BCUT2D eigenvalue weighted by atomic mass is 9.46. The van der Waals surface area contributed by atoms with E-state index in [9.17, 15) is 14.4 Å². The minimum Gasteiger partial charge on any atom is -0.450 e. The number of allylic oxidation sites excluding steroid dienone is 1. The van der Waals surface area contributed by atoms with E-state index in [4.69, 9.17) is 4.74 Å². The van der Waals surface area contributed by atoms with Crippen LogP contribution in [-0.2, 0) is 19.1 Å². The van der Waals surface area contributed by atoms with Crippen LogP contribution in [0.4, 0.5) is 0 Å². The van der Waals surface area contributed by atoms with Gasteiger partial charge in [0.15, 0.2) is 17.2 Å². The Hall–Kier alpha value is -1.45. The molecule has 0 bridgehead atoms. The van der Waals surface area contributed by atoms with Crippen LogP contribution in [-0.4, -0.2) is 23.1 Å². The van der Waals surface area contributed by atoms with Crippen molar-refractivity contribution in [3.8, 4) is 0 Å². The molecule has 6 atom stereocenters. The number of Topliss-reactive ketones (excluding diaryl/α,β-unsaturated/α-hetero) is 1. The lowest BCUT2D eigenvalue weighted by molar-refractivity contribution is -0.189. The molecule has 0 spiro atoms. The highest BCUT2D eigenvalue weighted by Gasteiger charge is 2.67. The van der Waals surface area contributed by atoms with Gasteiger partial charge in [-0.1, -0.05) is 32.8 Å². The number of hydrogen-bond donors (Lipinski definition) is 0. The zero-order valence-corrected chi connectivity index (χ0v) is 19.2. The molecule has 0 amide bonds. The zero-order valence-electron chi connectivity index (χ0n) is 19.2. The highest BCUT2D eigenvalue weighted by Crippen LogP contribution is 2.68. The average Bonchev–Trinajstić information content (AvgIpc) is 3.00. The first kappa shape index (κ1) is 21.8.